The maximum absolute atomic E-state index is 11.5. The minimum absolute atomic E-state index is 0.174. The van der Waals surface area contributed by atoms with Crippen molar-refractivity contribution in [3.8, 4) is 0 Å². The van der Waals surface area contributed by atoms with Crippen molar-refractivity contribution in [3.05, 3.63) is 62.9 Å². The predicted molar refractivity (Wildman–Crippen MR) is 75.0 cm³/mol. The molecule has 1 heterocycles. The number of anilines is 1. The van der Waals surface area contributed by atoms with Crippen LogP contribution in [-0.4, -0.2) is 11.1 Å². The van der Waals surface area contributed by atoms with Crippen LogP contribution >= 0.6 is 15.9 Å². The number of aromatic nitrogens is 1. The minimum atomic E-state index is -0.623. The Morgan fingerprint density at radius 1 is 1.21 bits per heavy atom. The topological polar surface area (TPSA) is 71.2 Å². The number of nitrogens with one attached hydrogen (secondary N) is 2. The summed E-state index contributed by atoms with van der Waals surface area (Å²) in [7, 11) is 0. The molecule has 0 radical (unpaired) electrons. The SMILES string of the molecule is O=C(Nc1ccc(Br)c(=O)[nH]1)OCc1ccccc1. The average Bonchev–Trinajstić information content (AvgIpc) is 2.42. The molecule has 1 aromatic heterocycles. The summed E-state index contributed by atoms with van der Waals surface area (Å²) in [6.07, 6.45) is -0.623. The van der Waals surface area contributed by atoms with E-state index in [1.165, 1.54) is 0 Å². The van der Waals surface area contributed by atoms with Gasteiger partial charge in [0.15, 0.2) is 0 Å². The van der Waals surface area contributed by atoms with Gasteiger partial charge in [-0.05, 0) is 33.6 Å². The van der Waals surface area contributed by atoms with Gasteiger partial charge in [0, 0.05) is 0 Å². The Balaban J connectivity index is 1.91. The van der Waals surface area contributed by atoms with Crippen LogP contribution < -0.4 is 10.9 Å². The number of ether oxygens (including phenoxy) is 1. The summed E-state index contributed by atoms with van der Waals surface area (Å²) in [5, 5.41) is 2.44. The molecule has 5 nitrogen and oxygen atoms in total. The average molecular weight is 323 g/mol. The van der Waals surface area contributed by atoms with Crippen LogP contribution in [-0.2, 0) is 11.3 Å². The van der Waals surface area contributed by atoms with Gasteiger partial charge in [-0.15, -0.1) is 0 Å². The quantitative estimate of drug-likeness (QED) is 0.912. The van der Waals surface area contributed by atoms with E-state index in [0.29, 0.717) is 4.47 Å². The summed E-state index contributed by atoms with van der Waals surface area (Å²) in [5.74, 6) is 0.284. The Morgan fingerprint density at radius 2 is 1.95 bits per heavy atom. The predicted octanol–water partition coefficient (Wildman–Crippen LogP) is 2.89. The highest BCUT2D eigenvalue weighted by Gasteiger charge is 2.05. The first-order valence-electron chi connectivity index (χ1n) is 5.51. The summed E-state index contributed by atoms with van der Waals surface area (Å²) >= 11 is 3.07. The second-order valence-corrected chi connectivity index (χ2v) is 4.59. The largest absolute Gasteiger partial charge is 0.444 e. The zero-order chi connectivity index (χ0) is 13.7. The van der Waals surface area contributed by atoms with E-state index in [9.17, 15) is 9.59 Å². The number of rotatable bonds is 3. The lowest BCUT2D eigenvalue weighted by Gasteiger charge is -2.06. The molecule has 2 aromatic rings. The van der Waals surface area contributed by atoms with Crippen LogP contribution in [0.3, 0.4) is 0 Å². The van der Waals surface area contributed by atoms with Crippen LogP contribution in [0.2, 0.25) is 0 Å². The van der Waals surface area contributed by atoms with E-state index in [0.717, 1.165) is 5.56 Å². The van der Waals surface area contributed by atoms with Crippen LogP contribution in [0.1, 0.15) is 5.56 Å². The molecule has 0 saturated heterocycles. The molecule has 1 amide bonds. The number of carbonyl (C=O) groups is 1. The van der Waals surface area contributed by atoms with E-state index < -0.39 is 6.09 Å². The lowest BCUT2D eigenvalue weighted by molar-refractivity contribution is 0.155. The van der Waals surface area contributed by atoms with E-state index >= 15 is 0 Å². The fourth-order valence-corrected chi connectivity index (χ4v) is 1.63. The van der Waals surface area contributed by atoms with Gasteiger partial charge in [0.1, 0.15) is 12.4 Å². The van der Waals surface area contributed by atoms with Crippen molar-refractivity contribution in [1.82, 2.24) is 4.98 Å². The first-order valence-corrected chi connectivity index (χ1v) is 6.31. The molecule has 0 bridgehead atoms. The fourth-order valence-electron chi connectivity index (χ4n) is 1.40. The maximum Gasteiger partial charge on any atom is 0.413 e. The highest BCUT2D eigenvalue weighted by atomic mass is 79.9. The lowest BCUT2D eigenvalue weighted by Crippen LogP contribution is -2.17. The number of hydrogen-bond donors (Lipinski definition) is 2. The molecule has 0 saturated carbocycles. The monoisotopic (exact) mass is 322 g/mol. The van der Waals surface area contributed by atoms with E-state index in [2.05, 4.69) is 26.2 Å². The van der Waals surface area contributed by atoms with Gasteiger partial charge in [-0.1, -0.05) is 30.3 Å². The second kappa shape index (κ2) is 6.19. The van der Waals surface area contributed by atoms with Gasteiger partial charge in [0.25, 0.3) is 5.56 Å². The Labute approximate surface area is 117 Å². The summed E-state index contributed by atoms with van der Waals surface area (Å²) in [6, 6.07) is 12.4. The summed E-state index contributed by atoms with van der Waals surface area (Å²) in [4.78, 5) is 25.3. The molecule has 98 valence electrons. The van der Waals surface area contributed by atoms with Gasteiger partial charge in [-0.3, -0.25) is 10.1 Å². The first-order chi connectivity index (χ1) is 9.15. The maximum atomic E-state index is 11.5. The molecular formula is C13H11BrN2O3. The van der Waals surface area contributed by atoms with Crippen LogP contribution in [0.4, 0.5) is 10.6 Å². The fraction of sp³-hybridized carbons (Fsp3) is 0.0769. The van der Waals surface area contributed by atoms with Crippen molar-refractivity contribution in [2.75, 3.05) is 5.32 Å². The number of H-pyrrole nitrogens is 1. The van der Waals surface area contributed by atoms with Gasteiger partial charge in [-0.2, -0.15) is 0 Å². The summed E-state index contributed by atoms with van der Waals surface area (Å²) < 4.78 is 5.42. The highest BCUT2D eigenvalue weighted by Crippen LogP contribution is 2.07. The van der Waals surface area contributed by atoms with Crippen molar-refractivity contribution < 1.29 is 9.53 Å². The molecule has 0 unspecified atom stereocenters. The van der Waals surface area contributed by atoms with Gasteiger partial charge >= 0.3 is 6.09 Å². The molecule has 0 spiro atoms. The van der Waals surface area contributed by atoms with Gasteiger partial charge in [-0.25, -0.2) is 4.79 Å². The summed E-state index contributed by atoms with van der Waals surface area (Å²) in [6.45, 7) is 0.174. The highest BCUT2D eigenvalue weighted by molar-refractivity contribution is 9.10. The Morgan fingerprint density at radius 3 is 2.63 bits per heavy atom. The van der Waals surface area contributed by atoms with E-state index in [1.807, 2.05) is 30.3 Å². The van der Waals surface area contributed by atoms with Gasteiger partial charge < -0.3 is 9.72 Å². The molecule has 1 aromatic carbocycles. The standard InChI is InChI=1S/C13H11BrN2O3/c14-10-6-7-11(15-12(10)17)16-13(18)19-8-9-4-2-1-3-5-9/h1-7H,8H2,(H2,15,16,17,18). The van der Waals surface area contributed by atoms with Gasteiger partial charge in [0.2, 0.25) is 0 Å². The van der Waals surface area contributed by atoms with Crippen molar-refractivity contribution in [3.63, 3.8) is 0 Å². The molecule has 2 N–H and O–H groups in total. The zero-order valence-electron chi connectivity index (χ0n) is 9.85. The van der Waals surface area contributed by atoms with E-state index in [1.54, 1.807) is 12.1 Å². The molecule has 0 aliphatic carbocycles. The van der Waals surface area contributed by atoms with E-state index in [4.69, 9.17) is 4.74 Å². The van der Waals surface area contributed by atoms with Crippen LogP contribution in [0.15, 0.2) is 51.7 Å². The molecule has 0 aliphatic rings. The Hall–Kier alpha value is -2.08. The van der Waals surface area contributed by atoms with Crippen molar-refractivity contribution in [1.29, 1.82) is 0 Å². The van der Waals surface area contributed by atoms with Gasteiger partial charge in [0.05, 0.1) is 4.47 Å². The number of halogens is 1. The number of benzene rings is 1. The molecule has 0 atom stereocenters. The number of carbonyl (C=O) groups excluding carboxylic acids is 1. The first kappa shape index (κ1) is 13.4. The number of pyridine rings is 1. The van der Waals surface area contributed by atoms with Crippen molar-refractivity contribution >= 4 is 27.8 Å². The van der Waals surface area contributed by atoms with Crippen molar-refractivity contribution in [2.45, 2.75) is 6.61 Å². The van der Waals surface area contributed by atoms with Crippen LogP contribution in [0, 0.1) is 0 Å². The molecule has 6 heteroatoms. The number of amides is 1. The third kappa shape index (κ3) is 3.96. The molecule has 0 aliphatic heterocycles. The summed E-state index contributed by atoms with van der Waals surface area (Å²) in [5.41, 5.74) is 0.572. The zero-order valence-corrected chi connectivity index (χ0v) is 11.4. The molecule has 19 heavy (non-hydrogen) atoms. The third-order valence-electron chi connectivity index (χ3n) is 2.31. The minimum Gasteiger partial charge on any atom is -0.444 e. The van der Waals surface area contributed by atoms with Crippen LogP contribution in [0.25, 0.3) is 0 Å². The molecule has 0 fully saturated rings. The second-order valence-electron chi connectivity index (χ2n) is 3.74. The van der Waals surface area contributed by atoms with Crippen molar-refractivity contribution in [2.24, 2.45) is 0 Å². The third-order valence-corrected chi connectivity index (χ3v) is 2.94. The Bertz CT molecular complexity index is 625. The van der Waals surface area contributed by atoms with E-state index in [-0.39, 0.29) is 18.0 Å². The normalized spacial score (nSPS) is 9.95. The molecular weight excluding hydrogens is 312 g/mol. The van der Waals surface area contributed by atoms with Crippen LogP contribution in [0.5, 0.6) is 0 Å². The Kier molecular flexibility index (Phi) is 4.35. The molecule has 2 rings (SSSR count). The number of aromatic amines is 1. The lowest BCUT2D eigenvalue weighted by atomic mass is 10.2. The number of hydrogen-bond acceptors (Lipinski definition) is 3. The smallest absolute Gasteiger partial charge is 0.413 e.